The van der Waals surface area contributed by atoms with Crippen LogP contribution in [0, 0.1) is 0 Å². The molecule has 1 saturated heterocycles. The maximum Gasteiger partial charge on any atom is 0.417 e. The molecular formula is C20H20F3N5O3. The minimum atomic E-state index is -4.41. The van der Waals surface area contributed by atoms with Crippen LogP contribution in [0.15, 0.2) is 41.1 Å². The van der Waals surface area contributed by atoms with E-state index in [1.807, 2.05) is 11.8 Å². The van der Waals surface area contributed by atoms with Crippen LogP contribution >= 0.6 is 0 Å². The molecule has 0 bridgehead atoms. The van der Waals surface area contributed by atoms with Gasteiger partial charge in [-0.25, -0.2) is 9.78 Å². The van der Waals surface area contributed by atoms with Crippen LogP contribution in [0.2, 0.25) is 0 Å². The lowest BCUT2D eigenvalue weighted by atomic mass is 10.1. The van der Waals surface area contributed by atoms with E-state index in [0.717, 1.165) is 17.8 Å². The first-order valence-corrected chi connectivity index (χ1v) is 9.60. The van der Waals surface area contributed by atoms with Crippen molar-refractivity contribution in [2.75, 3.05) is 24.5 Å². The second kappa shape index (κ2) is 8.06. The fourth-order valence-electron chi connectivity index (χ4n) is 3.71. The number of nitrogens with one attached hydrogen (secondary N) is 1. The first-order valence-electron chi connectivity index (χ1n) is 9.60. The molecule has 2 N–H and O–H groups in total. The summed E-state index contributed by atoms with van der Waals surface area (Å²) in [6.45, 7) is 4.51. The average Bonchev–Trinajstić information content (AvgIpc) is 3.37. The fourth-order valence-corrected chi connectivity index (χ4v) is 3.71. The van der Waals surface area contributed by atoms with E-state index in [1.54, 1.807) is 12.3 Å². The van der Waals surface area contributed by atoms with Crippen molar-refractivity contribution in [1.29, 1.82) is 0 Å². The molecule has 164 valence electrons. The number of hydrogen-bond donors (Lipinski definition) is 2. The monoisotopic (exact) mass is 435 g/mol. The molecule has 0 unspecified atom stereocenters. The van der Waals surface area contributed by atoms with Crippen molar-refractivity contribution in [2.24, 2.45) is 0 Å². The first kappa shape index (κ1) is 20.9. The Kier molecular flexibility index (Phi) is 5.44. The van der Waals surface area contributed by atoms with Crippen molar-refractivity contribution in [1.82, 2.24) is 20.1 Å². The van der Waals surface area contributed by atoms with Gasteiger partial charge < -0.3 is 14.4 Å². The smallest absolute Gasteiger partial charge is 0.417 e. The number of halogens is 3. The van der Waals surface area contributed by atoms with Crippen molar-refractivity contribution in [2.45, 2.75) is 25.7 Å². The molecule has 0 saturated carbocycles. The second-order valence-corrected chi connectivity index (χ2v) is 7.42. The molecule has 0 radical (unpaired) electrons. The number of furan rings is 1. The van der Waals surface area contributed by atoms with Crippen LogP contribution in [0.4, 0.5) is 19.0 Å². The van der Waals surface area contributed by atoms with Gasteiger partial charge in [0.05, 0.1) is 11.8 Å². The molecule has 4 rings (SSSR count). The Morgan fingerprint density at radius 2 is 2.06 bits per heavy atom. The number of alkyl halides is 3. The van der Waals surface area contributed by atoms with Gasteiger partial charge in [0.15, 0.2) is 5.76 Å². The molecule has 1 atom stereocenters. The summed E-state index contributed by atoms with van der Waals surface area (Å²) < 4.78 is 43.7. The van der Waals surface area contributed by atoms with Crippen LogP contribution in [0.5, 0.6) is 0 Å². The number of carboxylic acid groups (broad SMARTS) is 1. The van der Waals surface area contributed by atoms with E-state index in [0.29, 0.717) is 43.5 Å². The standard InChI is InChI=1S/C20H20F3N5O3/c1-12-10-27(6-7-28(12)17-5-2-14(9-24-17)20(21,22)23)11-13-8-25-26-18(13)15-3-4-16(31-15)19(29)30/h2-5,8-9,12H,6-7,10-11H2,1H3,(H,25,26)(H,29,30)/t12-/m1/s1. The molecule has 3 aromatic rings. The fraction of sp³-hybridized carbons (Fsp3) is 0.350. The first-order chi connectivity index (χ1) is 14.7. The summed E-state index contributed by atoms with van der Waals surface area (Å²) in [5, 5.41) is 15.9. The maximum absolute atomic E-state index is 12.8. The van der Waals surface area contributed by atoms with E-state index in [1.165, 1.54) is 12.1 Å². The lowest BCUT2D eigenvalue weighted by Crippen LogP contribution is -2.51. The number of piperazine rings is 1. The molecular weight excluding hydrogens is 415 g/mol. The number of rotatable bonds is 5. The number of nitrogens with zero attached hydrogens (tertiary/aromatic N) is 4. The number of H-pyrrole nitrogens is 1. The Labute approximate surface area is 175 Å². The van der Waals surface area contributed by atoms with Gasteiger partial charge in [-0.15, -0.1) is 0 Å². The van der Waals surface area contributed by atoms with Crippen molar-refractivity contribution < 1.29 is 27.5 Å². The number of aromatic nitrogens is 3. The number of carbonyl (C=O) groups is 1. The summed E-state index contributed by atoms with van der Waals surface area (Å²) in [6.07, 6.45) is -1.87. The highest BCUT2D eigenvalue weighted by atomic mass is 19.4. The number of carboxylic acids is 1. The zero-order valence-corrected chi connectivity index (χ0v) is 16.6. The van der Waals surface area contributed by atoms with Crippen LogP contribution in [0.25, 0.3) is 11.5 Å². The van der Waals surface area contributed by atoms with Gasteiger partial charge in [0.2, 0.25) is 5.76 Å². The predicted octanol–water partition coefficient (Wildman–Crippen LogP) is 3.49. The van der Waals surface area contributed by atoms with Gasteiger partial charge in [-0.05, 0) is 31.2 Å². The number of hydrogen-bond acceptors (Lipinski definition) is 6. The molecule has 3 aromatic heterocycles. The van der Waals surface area contributed by atoms with Crippen LogP contribution in [-0.2, 0) is 12.7 Å². The van der Waals surface area contributed by atoms with E-state index >= 15 is 0 Å². The third-order valence-corrected chi connectivity index (χ3v) is 5.26. The third kappa shape index (κ3) is 4.41. The Bertz CT molecular complexity index is 1060. The van der Waals surface area contributed by atoms with E-state index in [2.05, 4.69) is 20.1 Å². The minimum absolute atomic E-state index is 0.0376. The van der Waals surface area contributed by atoms with E-state index in [-0.39, 0.29) is 11.8 Å². The number of aromatic amines is 1. The molecule has 8 nitrogen and oxygen atoms in total. The van der Waals surface area contributed by atoms with Gasteiger partial charge >= 0.3 is 12.1 Å². The number of pyridine rings is 1. The Morgan fingerprint density at radius 3 is 2.68 bits per heavy atom. The quantitative estimate of drug-likeness (QED) is 0.633. The van der Waals surface area contributed by atoms with Crippen LogP contribution in [0.1, 0.15) is 28.6 Å². The third-order valence-electron chi connectivity index (χ3n) is 5.26. The molecule has 0 aromatic carbocycles. The van der Waals surface area contributed by atoms with Gasteiger partial charge in [0.1, 0.15) is 11.5 Å². The zero-order chi connectivity index (χ0) is 22.2. The van der Waals surface area contributed by atoms with Gasteiger partial charge in [-0.2, -0.15) is 18.3 Å². The van der Waals surface area contributed by atoms with Gasteiger partial charge in [0.25, 0.3) is 0 Å². The summed E-state index contributed by atoms with van der Waals surface area (Å²) in [4.78, 5) is 19.2. The van der Waals surface area contributed by atoms with Crippen LogP contribution in [0.3, 0.4) is 0 Å². The van der Waals surface area contributed by atoms with Gasteiger partial charge in [-0.3, -0.25) is 10.00 Å². The second-order valence-electron chi connectivity index (χ2n) is 7.42. The zero-order valence-electron chi connectivity index (χ0n) is 16.6. The average molecular weight is 435 g/mol. The Balaban J connectivity index is 1.42. The predicted molar refractivity (Wildman–Crippen MR) is 105 cm³/mol. The largest absolute Gasteiger partial charge is 0.475 e. The highest BCUT2D eigenvalue weighted by molar-refractivity contribution is 5.85. The van der Waals surface area contributed by atoms with Crippen LogP contribution < -0.4 is 4.90 Å². The van der Waals surface area contributed by atoms with Crippen LogP contribution in [-0.4, -0.2) is 56.8 Å². The van der Waals surface area contributed by atoms with Gasteiger partial charge in [-0.1, -0.05) is 0 Å². The SMILES string of the molecule is C[C@@H]1CN(Cc2cn[nH]c2-c2ccc(C(=O)O)o2)CCN1c1ccc(C(F)(F)F)cn1. The molecule has 0 spiro atoms. The Hall–Kier alpha value is -3.34. The Morgan fingerprint density at radius 1 is 1.26 bits per heavy atom. The van der Waals surface area contributed by atoms with Crippen molar-refractivity contribution in [3.05, 3.63) is 53.5 Å². The molecule has 0 amide bonds. The number of aromatic carboxylic acids is 1. The number of anilines is 1. The summed E-state index contributed by atoms with van der Waals surface area (Å²) in [6, 6.07) is 5.46. The molecule has 0 aliphatic carbocycles. The molecule has 31 heavy (non-hydrogen) atoms. The molecule has 1 aliphatic heterocycles. The molecule has 11 heteroatoms. The highest BCUT2D eigenvalue weighted by Gasteiger charge is 2.32. The van der Waals surface area contributed by atoms with Crippen molar-refractivity contribution in [3.8, 4) is 11.5 Å². The maximum atomic E-state index is 12.8. The molecule has 1 aliphatic rings. The molecule has 1 fully saturated rings. The van der Waals surface area contributed by atoms with Crippen molar-refractivity contribution in [3.63, 3.8) is 0 Å². The summed E-state index contributed by atoms with van der Waals surface area (Å²) >= 11 is 0. The molecule has 4 heterocycles. The van der Waals surface area contributed by atoms with E-state index < -0.39 is 17.7 Å². The topological polar surface area (TPSA) is 98.5 Å². The highest BCUT2D eigenvalue weighted by Crippen LogP contribution is 2.30. The summed E-state index contributed by atoms with van der Waals surface area (Å²) in [7, 11) is 0. The minimum Gasteiger partial charge on any atom is -0.475 e. The summed E-state index contributed by atoms with van der Waals surface area (Å²) in [5.41, 5.74) is 0.714. The lowest BCUT2D eigenvalue weighted by molar-refractivity contribution is -0.137. The van der Waals surface area contributed by atoms with Crippen molar-refractivity contribution >= 4 is 11.8 Å². The van der Waals surface area contributed by atoms with Gasteiger partial charge in [0, 0.05) is 44.0 Å². The van der Waals surface area contributed by atoms with E-state index in [4.69, 9.17) is 9.52 Å². The lowest BCUT2D eigenvalue weighted by Gasteiger charge is -2.40. The summed E-state index contributed by atoms with van der Waals surface area (Å²) in [5.74, 6) is -0.387. The van der Waals surface area contributed by atoms with E-state index in [9.17, 15) is 18.0 Å². The normalized spacial score (nSPS) is 17.8.